The normalized spacial score (nSPS) is 11.5. The molecular weight excluding hydrogens is 561 g/mol. The minimum Gasteiger partial charge on any atom is -0.755 e. The summed E-state index contributed by atoms with van der Waals surface area (Å²) in [6, 6.07) is 24.2. The molecule has 2 N–H and O–H groups in total. The number of anilines is 5. The van der Waals surface area contributed by atoms with E-state index in [0.29, 0.717) is 39.5 Å². The van der Waals surface area contributed by atoms with Crippen molar-refractivity contribution >= 4 is 56.9 Å². The Labute approximate surface area is 243 Å². The van der Waals surface area contributed by atoms with Crippen molar-refractivity contribution in [1.82, 2.24) is 9.97 Å². The average molecular weight is 587 g/mol. The number of carbonyl (C=O) groups excluding carboxylic acids is 1. The molecule has 10 nitrogen and oxygen atoms in total. The van der Waals surface area contributed by atoms with E-state index < -0.39 is 23.0 Å². The van der Waals surface area contributed by atoms with Crippen molar-refractivity contribution < 1.29 is 27.4 Å². The van der Waals surface area contributed by atoms with Gasteiger partial charge in [0.1, 0.15) is 17.3 Å². The molecule has 1 unspecified atom stereocenters. The van der Waals surface area contributed by atoms with E-state index in [9.17, 15) is 17.9 Å². The molecule has 1 heterocycles. The highest BCUT2D eigenvalue weighted by atomic mass is 32.2. The zero-order valence-corrected chi connectivity index (χ0v) is 23.4. The average Bonchev–Trinajstić information content (AvgIpc) is 2.97. The van der Waals surface area contributed by atoms with Crippen LogP contribution in [0.5, 0.6) is 11.5 Å². The first kappa shape index (κ1) is 28.5. The van der Waals surface area contributed by atoms with Gasteiger partial charge >= 0.3 is 0 Å². The summed E-state index contributed by atoms with van der Waals surface area (Å²) in [7, 11) is 3.04. The monoisotopic (exact) mass is 586 g/mol. The number of aromatic nitrogens is 2. The molecule has 1 atom stereocenters. The zero-order chi connectivity index (χ0) is 29.6. The van der Waals surface area contributed by atoms with Gasteiger partial charge in [-0.2, -0.15) is 0 Å². The van der Waals surface area contributed by atoms with Crippen molar-refractivity contribution in [1.29, 1.82) is 0 Å². The summed E-state index contributed by atoms with van der Waals surface area (Å²) in [5.41, 5.74) is 2.56. The Morgan fingerprint density at radius 3 is 2.24 bits per heavy atom. The highest BCUT2D eigenvalue weighted by molar-refractivity contribution is 7.81. The number of nitrogens with zero attached hydrogens (tertiary/aromatic N) is 3. The number of hydrogen-bond donors (Lipinski definition) is 2. The molecular formula is C30H25FN5O5S-. The first-order chi connectivity index (χ1) is 20.3. The van der Waals surface area contributed by atoms with Crippen LogP contribution in [-0.4, -0.2) is 38.9 Å². The van der Waals surface area contributed by atoms with E-state index in [1.807, 2.05) is 0 Å². The van der Waals surface area contributed by atoms with Crippen LogP contribution in [0.25, 0.3) is 11.0 Å². The number of fused-ring (bicyclic) bond motifs is 1. The molecule has 42 heavy (non-hydrogen) atoms. The van der Waals surface area contributed by atoms with E-state index in [-0.39, 0.29) is 23.7 Å². The molecule has 0 radical (unpaired) electrons. The van der Waals surface area contributed by atoms with E-state index in [2.05, 4.69) is 20.6 Å². The van der Waals surface area contributed by atoms with E-state index in [0.717, 1.165) is 4.31 Å². The topological polar surface area (TPSA) is 129 Å². The van der Waals surface area contributed by atoms with Crippen LogP contribution in [0.15, 0.2) is 91.0 Å². The Balaban J connectivity index is 1.52. The second kappa shape index (κ2) is 12.6. The van der Waals surface area contributed by atoms with E-state index >= 15 is 0 Å². The van der Waals surface area contributed by atoms with Gasteiger partial charge < -0.3 is 24.7 Å². The second-order valence-electron chi connectivity index (χ2n) is 9.03. The third kappa shape index (κ3) is 6.62. The quantitative estimate of drug-likeness (QED) is 0.201. The summed E-state index contributed by atoms with van der Waals surface area (Å²) in [5, 5.41) is 5.89. The Morgan fingerprint density at radius 2 is 1.57 bits per heavy atom. The van der Waals surface area contributed by atoms with Gasteiger partial charge in [-0.05, 0) is 48.0 Å². The van der Waals surface area contributed by atoms with Crippen LogP contribution in [0.4, 0.5) is 33.1 Å². The molecule has 1 amide bonds. The number of carbonyl (C=O) groups is 1. The van der Waals surface area contributed by atoms with Crippen molar-refractivity contribution in [3.05, 3.63) is 102 Å². The maximum Gasteiger partial charge on any atom is 0.228 e. The Morgan fingerprint density at radius 1 is 0.881 bits per heavy atom. The van der Waals surface area contributed by atoms with Gasteiger partial charge in [0.2, 0.25) is 5.91 Å². The van der Waals surface area contributed by atoms with Crippen molar-refractivity contribution in [2.24, 2.45) is 0 Å². The fourth-order valence-electron chi connectivity index (χ4n) is 4.26. The fraction of sp³-hybridized carbons (Fsp3) is 0.100. The van der Waals surface area contributed by atoms with Crippen LogP contribution in [0.2, 0.25) is 0 Å². The van der Waals surface area contributed by atoms with Gasteiger partial charge in [0.25, 0.3) is 0 Å². The number of nitrogens with one attached hydrogen (secondary N) is 2. The molecule has 0 fully saturated rings. The van der Waals surface area contributed by atoms with Gasteiger partial charge in [-0.1, -0.05) is 30.3 Å². The van der Waals surface area contributed by atoms with Gasteiger partial charge in [-0.3, -0.25) is 13.3 Å². The molecule has 5 aromatic rings. The van der Waals surface area contributed by atoms with Crippen molar-refractivity contribution in [3.8, 4) is 11.5 Å². The smallest absolute Gasteiger partial charge is 0.228 e. The molecule has 1 aromatic heterocycles. The lowest BCUT2D eigenvalue weighted by molar-refractivity contribution is -0.115. The molecule has 0 spiro atoms. The molecule has 12 heteroatoms. The number of methoxy groups -OCH3 is 2. The first-order valence-corrected chi connectivity index (χ1v) is 13.7. The summed E-state index contributed by atoms with van der Waals surface area (Å²) in [6.07, 6.45) is -0.0621. The Bertz CT molecular complexity index is 1760. The summed E-state index contributed by atoms with van der Waals surface area (Å²) < 4.78 is 50.7. The third-order valence-electron chi connectivity index (χ3n) is 6.13. The van der Waals surface area contributed by atoms with Crippen LogP contribution < -0.4 is 24.4 Å². The van der Waals surface area contributed by atoms with Gasteiger partial charge in [0.15, 0.2) is 11.6 Å². The Kier molecular flexibility index (Phi) is 8.55. The van der Waals surface area contributed by atoms with Crippen LogP contribution in [0.3, 0.4) is 0 Å². The van der Waals surface area contributed by atoms with Crippen LogP contribution in [0.1, 0.15) is 5.56 Å². The summed E-state index contributed by atoms with van der Waals surface area (Å²) >= 11 is -2.85. The molecule has 5 rings (SSSR count). The minimum atomic E-state index is -2.85. The van der Waals surface area contributed by atoms with Gasteiger partial charge in [0, 0.05) is 29.6 Å². The molecule has 0 aliphatic heterocycles. The van der Waals surface area contributed by atoms with Crippen LogP contribution >= 0.6 is 0 Å². The highest BCUT2D eigenvalue weighted by Crippen LogP contribution is 2.36. The maximum absolute atomic E-state index is 13.5. The standard InChI is InChI=1S/C30H26FN5O5S/c1-40-24-16-22(17-25(18-24)41-2)33-29-30(35-27-12-4-3-11-26(27)34-29)36(42(38)39)23-10-6-9-21(15-23)32-28(37)14-19-7-5-8-20(31)13-19/h3-13,15-18H,14H2,1-2H3,(H,32,37)(H,33,34)(H,38,39)/p-1. The van der Waals surface area contributed by atoms with E-state index in [1.54, 1.807) is 66.7 Å². The molecule has 214 valence electrons. The van der Waals surface area contributed by atoms with Crippen LogP contribution in [-0.2, 0) is 22.5 Å². The van der Waals surface area contributed by atoms with Crippen LogP contribution in [0, 0.1) is 5.82 Å². The number of para-hydroxylation sites is 2. The predicted octanol–water partition coefficient (Wildman–Crippen LogP) is 5.64. The van der Waals surface area contributed by atoms with Gasteiger partial charge in [-0.25, -0.2) is 14.4 Å². The number of ether oxygens (including phenoxy) is 2. The Hall–Kier alpha value is -5.07. The van der Waals surface area contributed by atoms with Crippen molar-refractivity contribution in [2.45, 2.75) is 6.42 Å². The molecule has 0 saturated carbocycles. The number of benzene rings is 4. The molecule has 0 aliphatic rings. The minimum absolute atomic E-state index is 0.00735. The second-order valence-corrected chi connectivity index (χ2v) is 9.83. The summed E-state index contributed by atoms with van der Waals surface area (Å²) in [4.78, 5) is 22.0. The lowest BCUT2D eigenvalue weighted by atomic mass is 10.1. The summed E-state index contributed by atoms with van der Waals surface area (Å²) in [6.45, 7) is 0. The molecule has 0 aliphatic carbocycles. The highest BCUT2D eigenvalue weighted by Gasteiger charge is 2.21. The number of amides is 1. The summed E-state index contributed by atoms with van der Waals surface area (Å²) in [5.74, 6) is 0.327. The van der Waals surface area contributed by atoms with Gasteiger partial charge in [-0.15, -0.1) is 0 Å². The van der Waals surface area contributed by atoms with E-state index in [1.165, 1.54) is 38.5 Å². The number of halogens is 1. The fourth-order valence-corrected chi connectivity index (χ4v) is 4.81. The third-order valence-corrected chi connectivity index (χ3v) is 6.81. The molecule has 4 aromatic carbocycles. The zero-order valence-electron chi connectivity index (χ0n) is 22.5. The predicted molar refractivity (Wildman–Crippen MR) is 159 cm³/mol. The van der Waals surface area contributed by atoms with Crippen molar-refractivity contribution in [2.75, 3.05) is 29.2 Å². The molecule has 0 saturated heterocycles. The maximum atomic E-state index is 13.5. The van der Waals surface area contributed by atoms with Crippen molar-refractivity contribution in [3.63, 3.8) is 0 Å². The molecule has 0 bridgehead atoms. The number of rotatable bonds is 10. The number of hydrogen-bond acceptors (Lipinski definition) is 8. The van der Waals surface area contributed by atoms with E-state index in [4.69, 9.17) is 9.47 Å². The largest absolute Gasteiger partial charge is 0.755 e. The lowest BCUT2D eigenvalue weighted by Gasteiger charge is -2.27. The van der Waals surface area contributed by atoms with Gasteiger partial charge in [0.05, 0.1) is 48.6 Å². The lowest BCUT2D eigenvalue weighted by Crippen LogP contribution is -2.23. The SMILES string of the molecule is COc1cc(Nc2nc3ccccc3nc2N(c2cccc(NC(=O)Cc3cccc(F)c3)c2)S(=O)[O-])cc(OC)c1. The first-order valence-electron chi connectivity index (χ1n) is 12.6.